The van der Waals surface area contributed by atoms with Crippen molar-refractivity contribution >= 4 is 17.6 Å². The van der Waals surface area contributed by atoms with Crippen molar-refractivity contribution in [3.05, 3.63) is 35.4 Å². The van der Waals surface area contributed by atoms with Crippen molar-refractivity contribution in [2.75, 3.05) is 0 Å². The number of hydrazone groups is 1. The number of nitrogens with zero attached hydrogens (tertiary/aromatic N) is 1. The molecule has 6 nitrogen and oxygen atoms in total. The molecule has 1 aromatic rings. The SMILES string of the molecule is N/N=C(\N)c1ccccc1C(=O)CCC(=O)O. The number of carboxylic acids is 1. The number of carboxylic acid groups (broad SMARTS) is 1. The van der Waals surface area contributed by atoms with Crippen LogP contribution in [0.1, 0.15) is 28.8 Å². The molecule has 0 aliphatic rings. The van der Waals surface area contributed by atoms with Crippen LogP contribution in [0.5, 0.6) is 0 Å². The lowest BCUT2D eigenvalue weighted by Gasteiger charge is -2.06. The molecule has 0 bridgehead atoms. The van der Waals surface area contributed by atoms with E-state index in [2.05, 4.69) is 5.10 Å². The van der Waals surface area contributed by atoms with Crippen molar-refractivity contribution in [1.29, 1.82) is 0 Å². The number of benzene rings is 1. The van der Waals surface area contributed by atoms with Gasteiger partial charge < -0.3 is 16.7 Å². The van der Waals surface area contributed by atoms with Gasteiger partial charge in [-0.2, -0.15) is 5.10 Å². The van der Waals surface area contributed by atoms with Crippen molar-refractivity contribution in [2.24, 2.45) is 16.7 Å². The first kappa shape index (κ1) is 12.7. The molecule has 0 saturated heterocycles. The number of rotatable bonds is 5. The number of carbonyl (C=O) groups excluding carboxylic acids is 1. The first-order chi connectivity index (χ1) is 8.06. The predicted octanol–water partition coefficient (Wildman–Crippen LogP) is 0.313. The van der Waals surface area contributed by atoms with E-state index < -0.39 is 5.97 Å². The highest BCUT2D eigenvalue weighted by molar-refractivity contribution is 6.09. The molecule has 1 aromatic carbocycles. The third-order valence-corrected chi connectivity index (χ3v) is 2.21. The Kier molecular flexibility index (Phi) is 4.21. The third-order valence-electron chi connectivity index (χ3n) is 2.21. The number of nitrogens with two attached hydrogens (primary N) is 2. The van der Waals surface area contributed by atoms with Gasteiger partial charge in [-0.15, -0.1) is 0 Å². The monoisotopic (exact) mass is 235 g/mol. The Morgan fingerprint density at radius 2 is 1.76 bits per heavy atom. The maximum Gasteiger partial charge on any atom is 0.303 e. The molecule has 0 saturated carbocycles. The average molecular weight is 235 g/mol. The summed E-state index contributed by atoms with van der Waals surface area (Å²) in [5.41, 5.74) is 6.30. The summed E-state index contributed by atoms with van der Waals surface area (Å²) in [5.74, 6) is 3.78. The molecule has 0 aliphatic heterocycles. The molecular formula is C11H13N3O3. The second kappa shape index (κ2) is 5.64. The molecule has 0 radical (unpaired) electrons. The van der Waals surface area contributed by atoms with E-state index in [-0.39, 0.29) is 24.5 Å². The van der Waals surface area contributed by atoms with Crippen molar-refractivity contribution in [3.8, 4) is 0 Å². The molecule has 5 N–H and O–H groups in total. The molecule has 1 rings (SSSR count). The van der Waals surface area contributed by atoms with E-state index in [1.807, 2.05) is 0 Å². The number of aliphatic carboxylic acids is 1. The first-order valence-electron chi connectivity index (χ1n) is 4.94. The van der Waals surface area contributed by atoms with Crippen molar-refractivity contribution < 1.29 is 14.7 Å². The van der Waals surface area contributed by atoms with E-state index >= 15 is 0 Å². The number of hydrogen-bond donors (Lipinski definition) is 3. The molecule has 0 atom stereocenters. The fraction of sp³-hybridized carbons (Fsp3) is 0.182. The summed E-state index contributed by atoms with van der Waals surface area (Å²) in [6.45, 7) is 0. The van der Waals surface area contributed by atoms with Gasteiger partial charge in [-0.25, -0.2) is 0 Å². The molecular weight excluding hydrogens is 222 g/mol. The van der Waals surface area contributed by atoms with Crippen LogP contribution in [0.15, 0.2) is 29.4 Å². The summed E-state index contributed by atoms with van der Waals surface area (Å²) >= 11 is 0. The highest BCUT2D eigenvalue weighted by Crippen LogP contribution is 2.12. The Morgan fingerprint density at radius 3 is 2.29 bits per heavy atom. The Hall–Kier alpha value is -2.37. The van der Waals surface area contributed by atoms with Crippen LogP contribution in [0.25, 0.3) is 0 Å². The molecule has 0 amide bonds. The van der Waals surface area contributed by atoms with Crippen LogP contribution >= 0.6 is 0 Å². The second-order valence-electron chi connectivity index (χ2n) is 3.38. The van der Waals surface area contributed by atoms with E-state index in [1.165, 1.54) is 0 Å². The van der Waals surface area contributed by atoms with Gasteiger partial charge in [-0.1, -0.05) is 24.3 Å². The Balaban J connectivity index is 2.97. The van der Waals surface area contributed by atoms with Gasteiger partial charge in [0, 0.05) is 17.5 Å². The van der Waals surface area contributed by atoms with Crippen LogP contribution in [-0.4, -0.2) is 22.7 Å². The quantitative estimate of drug-likeness (QED) is 0.223. The highest BCUT2D eigenvalue weighted by atomic mass is 16.4. The Bertz CT molecular complexity index is 469. The zero-order chi connectivity index (χ0) is 12.8. The zero-order valence-corrected chi connectivity index (χ0v) is 9.09. The lowest BCUT2D eigenvalue weighted by Crippen LogP contribution is -2.19. The van der Waals surface area contributed by atoms with E-state index in [1.54, 1.807) is 24.3 Å². The topological polar surface area (TPSA) is 119 Å². The lowest BCUT2D eigenvalue weighted by atomic mass is 10.00. The Morgan fingerprint density at radius 1 is 1.18 bits per heavy atom. The van der Waals surface area contributed by atoms with Gasteiger partial charge in [0.25, 0.3) is 0 Å². The Labute approximate surface area is 97.9 Å². The lowest BCUT2D eigenvalue weighted by molar-refractivity contribution is -0.136. The van der Waals surface area contributed by atoms with Gasteiger partial charge in [-0.3, -0.25) is 9.59 Å². The molecule has 17 heavy (non-hydrogen) atoms. The van der Waals surface area contributed by atoms with Crippen LogP contribution in [0, 0.1) is 0 Å². The van der Waals surface area contributed by atoms with Crippen LogP contribution in [0.4, 0.5) is 0 Å². The average Bonchev–Trinajstić information content (AvgIpc) is 2.34. The van der Waals surface area contributed by atoms with Gasteiger partial charge in [-0.05, 0) is 0 Å². The molecule has 0 unspecified atom stereocenters. The van der Waals surface area contributed by atoms with Crippen LogP contribution in [0.2, 0.25) is 0 Å². The minimum atomic E-state index is -1.02. The largest absolute Gasteiger partial charge is 0.481 e. The fourth-order valence-corrected chi connectivity index (χ4v) is 1.37. The minimum Gasteiger partial charge on any atom is -0.481 e. The minimum absolute atomic E-state index is 0.0456. The maximum atomic E-state index is 11.8. The van der Waals surface area contributed by atoms with E-state index in [0.29, 0.717) is 11.1 Å². The van der Waals surface area contributed by atoms with Gasteiger partial charge in [0.1, 0.15) is 0 Å². The zero-order valence-electron chi connectivity index (χ0n) is 9.09. The van der Waals surface area contributed by atoms with Gasteiger partial charge in [0.15, 0.2) is 11.6 Å². The van der Waals surface area contributed by atoms with Crippen molar-refractivity contribution in [1.82, 2.24) is 0 Å². The summed E-state index contributed by atoms with van der Waals surface area (Å²) in [7, 11) is 0. The number of ketones is 1. The first-order valence-corrected chi connectivity index (χ1v) is 4.94. The van der Waals surface area contributed by atoms with Gasteiger partial charge in [0.2, 0.25) is 0 Å². The van der Waals surface area contributed by atoms with Crippen LogP contribution in [0.3, 0.4) is 0 Å². The standard InChI is InChI=1S/C11H13N3O3/c12-11(14-13)8-4-2-1-3-7(8)9(15)5-6-10(16)17/h1-4H,5-6,13H2,(H2,12,14)(H,16,17). The number of Topliss-reactive ketones (excluding diaryl/α,β-unsaturated/α-hetero) is 1. The maximum absolute atomic E-state index is 11.8. The summed E-state index contributed by atoms with van der Waals surface area (Å²) in [6.07, 6.45) is -0.295. The van der Waals surface area contributed by atoms with Crippen LogP contribution in [-0.2, 0) is 4.79 Å². The normalized spacial score (nSPS) is 11.2. The molecule has 0 aliphatic carbocycles. The predicted molar refractivity (Wildman–Crippen MR) is 62.6 cm³/mol. The van der Waals surface area contributed by atoms with Crippen LogP contribution < -0.4 is 11.6 Å². The van der Waals surface area contributed by atoms with E-state index in [9.17, 15) is 9.59 Å². The third kappa shape index (κ3) is 3.30. The van der Waals surface area contributed by atoms with Crippen molar-refractivity contribution in [2.45, 2.75) is 12.8 Å². The summed E-state index contributed by atoms with van der Waals surface area (Å²) in [5, 5.41) is 11.8. The molecule has 0 spiro atoms. The van der Waals surface area contributed by atoms with E-state index in [4.69, 9.17) is 16.7 Å². The van der Waals surface area contributed by atoms with Gasteiger partial charge in [0.05, 0.1) is 6.42 Å². The molecule has 0 aromatic heterocycles. The number of hydrogen-bond acceptors (Lipinski definition) is 4. The summed E-state index contributed by atoms with van der Waals surface area (Å²) in [6, 6.07) is 6.54. The highest BCUT2D eigenvalue weighted by Gasteiger charge is 2.14. The molecule has 0 heterocycles. The summed E-state index contributed by atoms with van der Waals surface area (Å²) in [4.78, 5) is 22.2. The summed E-state index contributed by atoms with van der Waals surface area (Å²) < 4.78 is 0. The molecule has 90 valence electrons. The fourth-order valence-electron chi connectivity index (χ4n) is 1.37. The van der Waals surface area contributed by atoms with Crippen molar-refractivity contribution in [3.63, 3.8) is 0 Å². The smallest absolute Gasteiger partial charge is 0.303 e. The molecule has 0 fully saturated rings. The molecule has 6 heteroatoms. The number of carbonyl (C=O) groups is 2. The van der Waals surface area contributed by atoms with E-state index in [0.717, 1.165) is 0 Å². The number of amidine groups is 1. The van der Waals surface area contributed by atoms with Gasteiger partial charge >= 0.3 is 5.97 Å². The second-order valence-corrected chi connectivity index (χ2v) is 3.38.